The highest BCUT2D eigenvalue weighted by molar-refractivity contribution is 5.79. The molecule has 0 saturated carbocycles. The maximum atomic E-state index is 13.6. The molecule has 1 aliphatic carbocycles. The van der Waals surface area contributed by atoms with Gasteiger partial charge in [0, 0.05) is 76.9 Å². The lowest BCUT2D eigenvalue weighted by Crippen LogP contribution is -2.60. The van der Waals surface area contributed by atoms with Crippen LogP contribution >= 0.6 is 0 Å². The van der Waals surface area contributed by atoms with E-state index in [1.54, 1.807) is 12.7 Å². The lowest BCUT2D eigenvalue weighted by Gasteiger charge is -2.50. The molecule has 3 amide bonds. The largest absolute Gasteiger partial charge is 0.385 e. The van der Waals surface area contributed by atoms with E-state index in [4.69, 9.17) is 4.74 Å². The number of hydrogen-bond donors (Lipinski definition) is 0. The molecule has 1 spiro atoms. The van der Waals surface area contributed by atoms with Crippen molar-refractivity contribution in [2.24, 2.45) is 17.3 Å². The molecular formula is C33H54N4O3. The van der Waals surface area contributed by atoms with Crippen molar-refractivity contribution in [3.8, 4) is 0 Å². The van der Waals surface area contributed by atoms with E-state index in [9.17, 15) is 9.59 Å². The normalized spacial score (nSPS) is 32.7. The molecule has 2 unspecified atom stereocenters. The van der Waals surface area contributed by atoms with Crippen LogP contribution in [0.5, 0.6) is 0 Å². The highest BCUT2D eigenvalue weighted by Crippen LogP contribution is 2.48. The number of fused-ring (bicyclic) bond motifs is 2. The smallest absolute Gasteiger partial charge is 0.320 e. The fraction of sp³-hybridized carbons (Fsp3) is 0.818. The Hall–Kier alpha value is -1.86. The van der Waals surface area contributed by atoms with Gasteiger partial charge in [-0.25, -0.2) is 4.79 Å². The van der Waals surface area contributed by atoms with Crippen LogP contribution in [0.1, 0.15) is 86.0 Å². The summed E-state index contributed by atoms with van der Waals surface area (Å²) >= 11 is 0. The minimum absolute atomic E-state index is 0.0102. The molecule has 0 N–H and O–H groups in total. The molecular weight excluding hydrogens is 500 g/mol. The Bertz CT molecular complexity index is 984. The van der Waals surface area contributed by atoms with Crippen molar-refractivity contribution in [3.05, 3.63) is 23.8 Å². The zero-order chi connectivity index (χ0) is 28.7. The number of piperidine rings is 1. The number of urea groups is 1. The molecule has 2 bridgehead atoms. The van der Waals surface area contributed by atoms with Crippen molar-refractivity contribution in [3.63, 3.8) is 0 Å². The third-order valence-corrected chi connectivity index (χ3v) is 10.2. The number of carbonyl (C=O) groups is 2. The minimum Gasteiger partial charge on any atom is -0.385 e. The van der Waals surface area contributed by atoms with Crippen LogP contribution in [0.2, 0.25) is 0 Å². The standard InChI is InChI=1S/C33H54N4O3/c1-24(2)37-31(39)34(15-10-16-40-6)23-33(37)17-27-13-14-28(18-33)36(27)21-26-20-35(30(38)19-32(3,4)5)22-29(26)25-11-8-7-9-12-25/h7-8,11,24,26-29H,9-10,12-23H2,1-6H3/t26-,27?,28?,29-,33?/m1/s1. The number of ether oxygens (including phenoxy) is 1. The number of nitrogens with zero attached hydrogens (tertiary/aromatic N) is 4. The summed E-state index contributed by atoms with van der Waals surface area (Å²) in [6, 6.07) is 1.47. The van der Waals surface area contributed by atoms with E-state index in [0.717, 1.165) is 64.8 Å². The quantitative estimate of drug-likeness (QED) is 0.362. The van der Waals surface area contributed by atoms with Gasteiger partial charge in [0.25, 0.3) is 0 Å². The molecule has 4 atom stereocenters. The van der Waals surface area contributed by atoms with Crippen molar-refractivity contribution in [1.29, 1.82) is 0 Å². The summed E-state index contributed by atoms with van der Waals surface area (Å²) in [6.45, 7) is 16.0. The zero-order valence-corrected chi connectivity index (χ0v) is 26.0. The Balaban J connectivity index is 1.31. The van der Waals surface area contributed by atoms with Gasteiger partial charge in [-0.15, -0.1) is 0 Å². The predicted octanol–water partition coefficient (Wildman–Crippen LogP) is 5.32. The van der Waals surface area contributed by atoms with Gasteiger partial charge < -0.3 is 19.4 Å². The summed E-state index contributed by atoms with van der Waals surface area (Å²) in [6.07, 6.45) is 15.2. The SMILES string of the molecule is COCCCN1CC2(CC3CCC(C2)N3C[C@H]2CN(C(=O)CC(C)(C)C)C[C@@H]2C2=CC=CCC2)N(C(C)C)C1=O. The summed E-state index contributed by atoms with van der Waals surface area (Å²) in [7, 11) is 1.73. The number of rotatable bonds is 9. The fourth-order valence-electron chi connectivity index (χ4n) is 8.68. The van der Waals surface area contributed by atoms with Gasteiger partial charge in [0.15, 0.2) is 0 Å². The van der Waals surface area contributed by atoms with Crippen LogP contribution in [-0.4, -0.2) is 102 Å². The van der Waals surface area contributed by atoms with Gasteiger partial charge >= 0.3 is 6.03 Å². The summed E-state index contributed by atoms with van der Waals surface area (Å²) in [5.41, 5.74) is 1.50. The zero-order valence-electron chi connectivity index (χ0n) is 26.0. The highest BCUT2D eigenvalue weighted by Gasteiger charge is 2.58. The third kappa shape index (κ3) is 6.01. The summed E-state index contributed by atoms with van der Waals surface area (Å²) in [5.74, 6) is 1.26. The maximum Gasteiger partial charge on any atom is 0.320 e. The van der Waals surface area contributed by atoms with Crippen molar-refractivity contribution in [2.75, 3.05) is 46.4 Å². The molecule has 4 saturated heterocycles. The van der Waals surface area contributed by atoms with Crippen LogP contribution < -0.4 is 0 Å². The molecule has 0 aromatic rings. The number of carbonyl (C=O) groups excluding carboxylic acids is 2. The number of hydrogen-bond acceptors (Lipinski definition) is 4. The molecule has 0 aromatic carbocycles. The van der Waals surface area contributed by atoms with Gasteiger partial charge in [-0.05, 0) is 70.1 Å². The Morgan fingerprint density at radius 1 is 1.15 bits per heavy atom. The molecule has 4 fully saturated rings. The number of methoxy groups -OCH3 is 1. The molecule has 0 radical (unpaired) electrons. The van der Waals surface area contributed by atoms with Crippen LogP contribution in [-0.2, 0) is 9.53 Å². The van der Waals surface area contributed by atoms with Gasteiger partial charge in [-0.3, -0.25) is 9.69 Å². The fourth-order valence-corrected chi connectivity index (χ4v) is 8.68. The third-order valence-electron chi connectivity index (χ3n) is 10.2. The van der Waals surface area contributed by atoms with Gasteiger partial charge in [-0.2, -0.15) is 0 Å². The van der Waals surface area contributed by atoms with Gasteiger partial charge in [0.2, 0.25) is 5.91 Å². The summed E-state index contributed by atoms with van der Waals surface area (Å²) < 4.78 is 5.28. The van der Waals surface area contributed by atoms with Crippen LogP contribution in [0.4, 0.5) is 4.79 Å². The van der Waals surface area contributed by atoms with E-state index in [1.165, 1.54) is 12.8 Å². The number of likely N-dealkylation sites (tertiary alicyclic amines) is 1. The van der Waals surface area contributed by atoms with Crippen molar-refractivity contribution in [1.82, 2.24) is 19.6 Å². The molecule has 4 heterocycles. The predicted molar refractivity (Wildman–Crippen MR) is 160 cm³/mol. The second kappa shape index (κ2) is 11.8. The van der Waals surface area contributed by atoms with E-state index in [2.05, 4.69) is 72.4 Å². The molecule has 4 aliphatic heterocycles. The van der Waals surface area contributed by atoms with E-state index in [-0.39, 0.29) is 23.0 Å². The molecule has 7 nitrogen and oxygen atoms in total. The van der Waals surface area contributed by atoms with Gasteiger partial charge in [-0.1, -0.05) is 44.6 Å². The Labute approximate surface area is 242 Å². The number of amides is 3. The average molecular weight is 555 g/mol. The van der Waals surface area contributed by atoms with E-state index >= 15 is 0 Å². The molecule has 0 aromatic heterocycles. The second-order valence-electron chi connectivity index (χ2n) is 14.8. The summed E-state index contributed by atoms with van der Waals surface area (Å²) in [4.78, 5) is 36.2. The maximum absolute atomic E-state index is 13.6. The van der Waals surface area contributed by atoms with Crippen molar-refractivity contribution >= 4 is 11.9 Å². The first kappa shape index (κ1) is 29.6. The molecule has 5 rings (SSSR count). The molecule has 224 valence electrons. The molecule has 7 heteroatoms. The van der Waals surface area contributed by atoms with Gasteiger partial charge in [0.1, 0.15) is 0 Å². The highest BCUT2D eigenvalue weighted by atomic mass is 16.5. The average Bonchev–Trinajstić information content (AvgIpc) is 3.50. The Morgan fingerprint density at radius 2 is 1.88 bits per heavy atom. The van der Waals surface area contributed by atoms with E-state index in [0.29, 0.717) is 42.9 Å². The van der Waals surface area contributed by atoms with E-state index < -0.39 is 0 Å². The van der Waals surface area contributed by atoms with Crippen LogP contribution in [0.25, 0.3) is 0 Å². The first-order valence-electron chi connectivity index (χ1n) is 16.0. The first-order chi connectivity index (χ1) is 19.0. The van der Waals surface area contributed by atoms with Crippen LogP contribution in [0.15, 0.2) is 23.8 Å². The number of allylic oxidation sites excluding steroid dienone is 3. The van der Waals surface area contributed by atoms with Crippen LogP contribution in [0, 0.1) is 17.3 Å². The minimum atomic E-state index is -0.0544. The Kier molecular flexibility index (Phi) is 8.73. The van der Waals surface area contributed by atoms with Gasteiger partial charge in [0.05, 0.1) is 5.54 Å². The van der Waals surface area contributed by atoms with Crippen molar-refractivity contribution in [2.45, 2.75) is 110 Å². The second-order valence-corrected chi connectivity index (χ2v) is 14.8. The lowest BCUT2D eigenvalue weighted by molar-refractivity contribution is -0.132. The van der Waals surface area contributed by atoms with Crippen molar-refractivity contribution < 1.29 is 14.3 Å². The monoisotopic (exact) mass is 554 g/mol. The summed E-state index contributed by atoms with van der Waals surface area (Å²) in [5, 5.41) is 0. The van der Waals surface area contributed by atoms with E-state index in [1.807, 2.05) is 0 Å². The molecule has 5 aliphatic rings. The topological polar surface area (TPSA) is 56.3 Å². The Morgan fingerprint density at radius 3 is 2.48 bits per heavy atom. The molecule has 40 heavy (non-hydrogen) atoms. The van der Waals surface area contributed by atoms with Crippen LogP contribution in [0.3, 0.4) is 0 Å². The lowest BCUT2D eigenvalue weighted by atomic mass is 9.79. The first-order valence-corrected chi connectivity index (χ1v) is 16.0.